The Morgan fingerprint density at radius 2 is 2.00 bits per heavy atom. The van der Waals surface area contributed by atoms with Crippen LogP contribution in [0.4, 0.5) is 11.4 Å². The van der Waals surface area contributed by atoms with Crippen LogP contribution in [0, 0.1) is 5.92 Å². The van der Waals surface area contributed by atoms with E-state index >= 15 is 0 Å². The highest BCUT2D eigenvalue weighted by atomic mass is 16.3. The van der Waals surface area contributed by atoms with Gasteiger partial charge in [0.15, 0.2) is 5.76 Å². The fourth-order valence-electron chi connectivity index (χ4n) is 3.25. The lowest BCUT2D eigenvalue weighted by Crippen LogP contribution is -2.39. The smallest absolute Gasteiger partial charge is 0.291 e. The average molecular weight is 383 g/mol. The Bertz CT molecular complexity index is 826. The normalized spacial score (nSPS) is 14.4. The van der Waals surface area contributed by atoms with Crippen molar-refractivity contribution in [1.29, 1.82) is 0 Å². The Hall–Kier alpha value is -2.76. The van der Waals surface area contributed by atoms with Crippen LogP contribution in [0.25, 0.3) is 0 Å². The fourth-order valence-corrected chi connectivity index (χ4v) is 3.25. The molecule has 28 heavy (non-hydrogen) atoms. The predicted molar refractivity (Wildman–Crippen MR) is 110 cm³/mol. The highest BCUT2D eigenvalue weighted by Crippen LogP contribution is 2.34. The molecule has 1 saturated carbocycles. The lowest BCUT2D eigenvalue weighted by Gasteiger charge is -2.31. The van der Waals surface area contributed by atoms with Crippen molar-refractivity contribution in [1.82, 2.24) is 4.90 Å². The molecule has 150 valence electrons. The van der Waals surface area contributed by atoms with Crippen LogP contribution in [0.2, 0.25) is 0 Å². The Labute approximate surface area is 166 Å². The van der Waals surface area contributed by atoms with Crippen LogP contribution < -0.4 is 10.2 Å². The van der Waals surface area contributed by atoms with Gasteiger partial charge in [-0.1, -0.05) is 6.92 Å². The van der Waals surface area contributed by atoms with E-state index in [-0.39, 0.29) is 29.5 Å². The van der Waals surface area contributed by atoms with Crippen molar-refractivity contribution >= 4 is 23.2 Å². The highest BCUT2D eigenvalue weighted by molar-refractivity contribution is 6.02. The van der Waals surface area contributed by atoms with Crippen molar-refractivity contribution in [3.8, 4) is 0 Å². The van der Waals surface area contributed by atoms with Gasteiger partial charge in [-0.05, 0) is 62.1 Å². The van der Waals surface area contributed by atoms with Gasteiger partial charge in [-0.3, -0.25) is 9.59 Å². The van der Waals surface area contributed by atoms with Gasteiger partial charge in [-0.15, -0.1) is 0 Å². The number of nitrogens with one attached hydrogen (secondary N) is 1. The van der Waals surface area contributed by atoms with E-state index in [0.29, 0.717) is 12.2 Å². The second kappa shape index (κ2) is 8.50. The zero-order valence-electron chi connectivity index (χ0n) is 17.1. The molecule has 1 N–H and O–H groups in total. The summed E-state index contributed by atoms with van der Waals surface area (Å²) in [6, 6.07) is 9.28. The Morgan fingerprint density at radius 3 is 2.57 bits per heavy atom. The summed E-state index contributed by atoms with van der Waals surface area (Å²) in [5, 5.41) is 2.88. The van der Waals surface area contributed by atoms with Gasteiger partial charge in [0.05, 0.1) is 6.26 Å². The molecule has 1 aromatic carbocycles. The monoisotopic (exact) mass is 383 g/mol. The second-order valence-corrected chi connectivity index (χ2v) is 7.67. The number of hydrogen-bond donors (Lipinski definition) is 1. The third-order valence-corrected chi connectivity index (χ3v) is 5.24. The molecule has 1 fully saturated rings. The largest absolute Gasteiger partial charge is 0.459 e. The van der Waals surface area contributed by atoms with Crippen LogP contribution in [0.5, 0.6) is 0 Å². The minimum atomic E-state index is -0.290. The van der Waals surface area contributed by atoms with Gasteiger partial charge >= 0.3 is 0 Å². The van der Waals surface area contributed by atoms with Crippen LogP contribution in [0.15, 0.2) is 41.0 Å². The topological polar surface area (TPSA) is 65.8 Å². The number of rotatable bonds is 8. The van der Waals surface area contributed by atoms with Gasteiger partial charge < -0.3 is 19.5 Å². The van der Waals surface area contributed by atoms with Gasteiger partial charge in [-0.2, -0.15) is 0 Å². The number of nitrogens with zero attached hydrogens (tertiary/aromatic N) is 2. The number of anilines is 2. The van der Waals surface area contributed by atoms with E-state index in [1.165, 1.54) is 6.26 Å². The van der Waals surface area contributed by atoms with Crippen molar-refractivity contribution < 1.29 is 14.0 Å². The molecule has 1 aliphatic rings. The molecule has 0 saturated heterocycles. The minimum absolute atomic E-state index is 0.171. The summed E-state index contributed by atoms with van der Waals surface area (Å²) in [6.07, 6.45) is 4.37. The first kappa shape index (κ1) is 20.0. The van der Waals surface area contributed by atoms with E-state index in [2.05, 4.69) is 19.2 Å². The molecule has 6 nitrogen and oxygen atoms in total. The van der Waals surface area contributed by atoms with E-state index < -0.39 is 0 Å². The first-order valence-corrected chi connectivity index (χ1v) is 9.86. The standard InChI is InChI=1S/C22H29N3O3/c1-5-15(2)25(22(27)16-8-9-16)14-17-13-18(10-11-19(17)24(3)4)23-21(26)20-7-6-12-28-20/h6-7,10-13,15-16H,5,8-9,14H2,1-4H3,(H,23,26)/t15-/m1/s1. The summed E-state index contributed by atoms with van der Waals surface area (Å²) < 4.78 is 5.16. The number of carbonyl (C=O) groups is 2. The van der Waals surface area contributed by atoms with Crippen LogP contribution >= 0.6 is 0 Å². The van der Waals surface area contributed by atoms with Crippen LogP contribution in [0.3, 0.4) is 0 Å². The Morgan fingerprint density at radius 1 is 1.25 bits per heavy atom. The number of carbonyl (C=O) groups excluding carboxylic acids is 2. The summed E-state index contributed by atoms with van der Waals surface area (Å²) >= 11 is 0. The minimum Gasteiger partial charge on any atom is -0.459 e. The van der Waals surface area contributed by atoms with E-state index in [0.717, 1.165) is 30.5 Å². The second-order valence-electron chi connectivity index (χ2n) is 7.67. The number of hydrogen-bond acceptors (Lipinski definition) is 4. The SMILES string of the molecule is CC[C@@H](C)N(Cc1cc(NC(=O)c2ccco2)ccc1N(C)C)C(=O)C1CC1. The molecule has 1 aromatic heterocycles. The van der Waals surface area contributed by atoms with E-state index in [9.17, 15) is 9.59 Å². The van der Waals surface area contributed by atoms with Gasteiger partial charge in [0, 0.05) is 44.0 Å². The first-order chi connectivity index (χ1) is 13.4. The predicted octanol–water partition coefficient (Wildman–Crippen LogP) is 4.14. The number of benzene rings is 1. The third-order valence-electron chi connectivity index (χ3n) is 5.24. The molecule has 2 aromatic rings. The summed E-state index contributed by atoms with van der Waals surface area (Å²) in [6.45, 7) is 4.73. The molecule has 0 unspecified atom stereocenters. The van der Waals surface area contributed by atoms with E-state index in [1.807, 2.05) is 42.1 Å². The van der Waals surface area contributed by atoms with Gasteiger partial charge in [-0.25, -0.2) is 0 Å². The highest BCUT2D eigenvalue weighted by Gasteiger charge is 2.35. The van der Waals surface area contributed by atoms with Gasteiger partial charge in [0.2, 0.25) is 5.91 Å². The van der Waals surface area contributed by atoms with Gasteiger partial charge in [0.25, 0.3) is 5.91 Å². The van der Waals surface area contributed by atoms with Crippen molar-refractivity contribution in [2.45, 2.75) is 45.7 Å². The first-order valence-electron chi connectivity index (χ1n) is 9.86. The molecule has 0 radical (unpaired) electrons. The van der Waals surface area contributed by atoms with Crippen LogP contribution in [-0.4, -0.2) is 36.9 Å². The number of furan rings is 1. The fraction of sp³-hybridized carbons (Fsp3) is 0.455. The van der Waals surface area contributed by atoms with E-state index in [1.54, 1.807) is 12.1 Å². The molecule has 0 bridgehead atoms. The van der Waals surface area contributed by atoms with E-state index in [4.69, 9.17) is 4.42 Å². The van der Waals surface area contributed by atoms with Crippen molar-refractivity contribution in [3.63, 3.8) is 0 Å². The molecule has 1 atom stereocenters. The van der Waals surface area contributed by atoms with Gasteiger partial charge in [0.1, 0.15) is 0 Å². The summed E-state index contributed by atoms with van der Waals surface area (Å²) in [7, 11) is 3.96. The molecule has 0 aliphatic heterocycles. The summed E-state index contributed by atoms with van der Waals surface area (Å²) in [4.78, 5) is 29.2. The zero-order valence-corrected chi connectivity index (χ0v) is 17.1. The molecule has 1 aliphatic carbocycles. The van der Waals surface area contributed by atoms with Crippen LogP contribution in [0.1, 0.15) is 49.2 Å². The maximum Gasteiger partial charge on any atom is 0.291 e. The lowest BCUT2D eigenvalue weighted by atomic mass is 10.1. The third kappa shape index (κ3) is 4.55. The molecule has 3 rings (SSSR count). The molecular weight excluding hydrogens is 354 g/mol. The number of amides is 2. The molecule has 6 heteroatoms. The van der Waals surface area contributed by atoms with Crippen molar-refractivity contribution in [2.24, 2.45) is 5.92 Å². The van der Waals surface area contributed by atoms with Crippen LogP contribution in [-0.2, 0) is 11.3 Å². The Balaban J connectivity index is 1.86. The maximum absolute atomic E-state index is 12.8. The average Bonchev–Trinajstić information content (AvgIpc) is 3.38. The zero-order chi connectivity index (χ0) is 20.3. The lowest BCUT2D eigenvalue weighted by molar-refractivity contribution is -0.135. The van der Waals surface area contributed by atoms with Crippen molar-refractivity contribution in [3.05, 3.63) is 47.9 Å². The molecule has 2 amide bonds. The summed E-state index contributed by atoms with van der Waals surface area (Å²) in [5.41, 5.74) is 2.73. The Kier molecular flexibility index (Phi) is 6.07. The maximum atomic E-state index is 12.8. The molecular formula is C22H29N3O3. The quantitative estimate of drug-likeness (QED) is 0.744. The van der Waals surface area contributed by atoms with Crippen molar-refractivity contribution in [2.75, 3.05) is 24.3 Å². The molecule has 0 spiro atoms. The molecule has 1 heterocycles. The summed E-state index contributed by atoms with van der Waals surface area (Å²) in [5.74, 6) is 0.396.